The maximum absolute atomic E-state index is 12.0. The molecule has 1 aliphatic rings. The van der Waals surface area contributed by atoms with Crippen LogP contribution >= 0.6 is 11.6 Å². The fourth-order valence-electron chi connectivity index (χ4n) is 2.17. The number of hydrogen-bond acceptors (Lipinski definition) is 3. The molecule has 1 aromatic rings. The van der Waals surface area contributed by atoms with Gasteiger partial charge in [0.1, 0.15) is 0 Å². The van der Waals surface area contributed by atoms with Gasteiger partial charge in [0.2, 0.25) is 5.91 Å². The Morgan fingerprint density at radius 2 is 2.32 bits per heavy atom. The Labute approximate surface area is 116 Å². The van der Waals surface area contributed by atoms with Crippen molar-refractivity contribution in [2.75, 3.05) is 18.6 Å². The summed E-state index contributed by atoms with van der Waals surface area (Å²) in [6, 6.07) is 4.91. The maximum Gasteiger partial charge on any atom is 0.340 e. The number of methoxy groups -OCH3 is 1. The van der Waals surface area contributed by atoms with Gasteiger partial charge in [-0.3, -0.25) is 4.79 Å². The second-order valence-electron chi connectivity index (χ2n) is 4.33. The Morgan fingerprint density at radius 1 is 1.58 bits per heavy atom. The Morgan fingerprint density at radius 3 is 2.89 bits per heavy atom. The van der Waals surface area contributed by atoms with E-state index in [1.165, 1.54) is 12.0 Å². The van der Waals surface area contributed by atoms with Gasteiger partial charge in [0.15, 0.2) is 0 Å². The first-order chi connectivity index (χ1) is 9.08. The largest absolute Gasteiger partial charge is 0.465 e. The molecule has 4 nitrogen and oxygen atoms in total. The fraction of sp³-hybridized carbons (Fsp3) is 0.286. The number of anilines is 1. The molecule has 5 heteroatoms. The van der Waals surface area contributed by atoms with Gasteiger partial charge in [-0.05, 0) is 12.1 Å². The highest BCUT2D eigenvalue weighted by Crippen LogP contribution is 2.34. The predicted molar refractivity (Wildman–Crippen MR) is 73.4 cm³/mol. The number of carbonyl (C=O) groups is 2. The average molecular weight is 280 g/mol. The van der Waals surface area contributed by atoms with Crippen LogP contribution < -0.4 is 4.90 Å². The molecule has 1 unspecified atom stereocenters. The molecule has 100 valence electrons. The van der Waals surface area contributed by atoms with Crippen molar-refractivity contribution in [1.29, 1.82) is 0 Å². The van der Waals surface area contributed by atoms with Crippen LogP contribution in [0.2, 0.25) is 5.02 Å². The van der Waals surface area contributed by atoms with Crippen LogP contribution in [0.15, 0.2) is 30.9 Å². The maximum atomic E-state index is 12.0. The molecular formula is C14H14ClNO3. The highest BCUT2D eigenvalue weighted by atomic mass is 35.5. The molecule has 0 aromatic heterocycles. The zero-order valence-electron chi connectivity index (χ0n) is 10.6. The lowest BCUT2D eigenvalue weighted by Gasteiger charge is -2.20. The Kier molecular flexibility index (Phi) is 3.90. The van der Waals surface area contributed by atoms with Crippen molar-refractivity contribution in [3.05, 3.63) is 41.4 Å². The van der Waals surface area contributed by atoms with Crippen molar-refractivity contribution in [3.63, 3.8) is 0 Å². The van der Waals surface area contributed by atoms with Crippen molar-refractivity contribution >= 4 is 29.2 Å². The summed E-state index contributed by atoms with van der Waals surface area (Å²) in [4.78, 5) is 25.3. The topological polar surface area (TPSA) is 46.6 Å². The van der Waals surface area contributed by atoms with Gasteiger partial charge in [-0.1, -0.05) is 23.7 Å². The third kappa shape index (κ3) is 2.49. The summed E-state index contributed by atoms with van der Waals surface area (Å²) < 4.78 is 4.72. The third-order valence-electron chi connectivity index (χ3n) is 3.15. The summed E-state index contributed by atoms with van der Waals surface area (Å²) in [5, 5.41) is 0.362. The van der Waals surface area contributed by atoms with E-state index >= 15 is 0 Å². The number of halogens is 1. The Hall–Kier alpha value is -1.81. The van der Waals surface area contributed by atoms with Gasteiger partial charge < -0.3 is 9.64 Å². The molecule has 1 fully saturated rings. The molecule has 0 radical (unpaired) electrons. The minimum atomic E-state index is -0.507. The second kappa shape index (κ2) is 5.45. The van der Waals surface area contributed by atoms with Crippen LogP contribution in [0.1, 0.15) is 16.8 Å². The van der Waals surface area contributed by atoms with Crippen LogP contribution in [0.3, 0.4) is 0 Å². The normalized spacial score (nSPS) is 18.5. The van der Waals surface area contributed by atoms with Gasteiger partial charge >= 0.3 is 5.97 Å². The summed E-state index contributed by atoms with van der Waals surface area (Å²) in [6.07, 6.45) is 2.13. The molecule has 0 bridgehead atoms. The molecule has 0 N–H and O–H groups in total. The lowest BCUT2D eigenvalue weighted by Crippen LogP contribution is -2.27. The van der Waals surface area contributed by atoms with Crippen molar-refractivity contribution in [2.24, 2.45) is 5.92 Å². The molecule has 1 saturated heterocycles. The first kappa shape index (κ1) is 13.6. The minimum Gasteiger partial charge on any atom is -0.465 e. The SMILES string of the molecule is C=CC1CC(=O)N(c2c(Cl)cccc2C(=O)OC)C1. The highest BCUT2D eigenvalue weighted by molar-refractivity contribution is 6.34. The number of amides is 1. The standard InChI is InChI=1S/C14H14ClNO3/c1-3-9-7-12(17)16(8-9)13-10(14(18)19-2)5-4-6-11(13)15/h3-6,9H,1,7-8H2,2H3. The molecular weight excluding hydrogens is 266 g/mol. The molecule has 19 heavy (non-hydrogen) atoms. The predicted octanol–water partition coefficient (Wildman–Crippen LogP) is 2.67. The molecule has 0 saturated carbocycles. The number of esters is 1. The van der Waals surface area contributed by atoms with E-state index in [4.69, 9.17) is 16.3 Å². The number of benzene rings is 1. The Balaban J connectivity index is 2.47. The fourth-order valence-corrected chi connectivity index (χ4v) is 2.45. The average Bonchev–Trinajstić information content (AvgIpc) is 2.78. The summed E-state index contributed by atoms with van der Waals surface area (Å²) >= 11 is 6.14. The molecule has 0 aliphatic carbocycles. The van der Waals surface area contributed by atoms with Gasteiger partial charge in [-0.15, -0.1) is 6.58 Å². The lowest BCUT2D eigenvalue weighted by molar-refractivity contribution is -0.117. The minimum absolute atomic E-state index is 0.0665. The van der Waals surface area contributed by atoms with E-state index in [1.54, 1.807) is 24.3 Å². The quantitative estimate of drug-likeness (QED) is 0.631. The van der Waals surface area contributed by atoms with E-state index < -0.39 is 5.97 Å². The van der Waals surface area contributed by atoms with Crippen LogP contribution in [-0.4, -0.2) is 25.5 Å². The molecule has 1 amide bonds. The zero-order chi connectivity index (χ0) is 14.0. The molecule has 1 aliphatic heterocycles. The lowest BCUT2D eigenvalue weighted by atomic mass is 10.1. The van der Waals surface area contributed by atoms with E-state index in [2.05, 4.69) is 6.58 Å². The van der Waals surface area contributed by atoms with Gasteiger partial charge in [-0.25, -0.2) is 4.79 Å². The molecule has 1 atom stereocenters. The van der Waals surface area contributed by atoms with E-state index in [-0.39, 0.29) is 11.8 Å². The molecule has 1 heterocycles. The van der Waals surface area contributed by atoms with E-state index in [9.17, 15) is 9.59 Å². The number of carbonyl (C=O) groups excluding carboxylic acids is 2. The van der Waals surface area contributed by atoms with Gasteiger partial charge in [0.25, 0.3) is 0 Å². The number of nitrogens with zero attached hydrogens (tertiary/aromatic N) is 1. The molecule has 2 rings (SSSR count). The van der Waals surface area contributed by atoms with Gasteiger partial charge in [-0.2, -0.15) is 0 Å². The van der Waals surface area contributed by atoms with E-state index in [0.717, 1.165) is 0 Å². The van der Waals surface area contributed by atoms with Gasteiger partial charge in [0.05, 0.1) is 23.4 Å². The number of ether oxygens (including phenoxy) is 1. The van der Waals surface area contributed by atoms with Crippen LogP contribution in [0.5, 0.6) is 0 Å². The summed E-state index contributed by atoms with van der Waals surface area (Å²) in [5.41, 5.74) is 0.721. The first-order valence-corrected chi connectivity index (χ1v) is 6.26. The van der Waals surface area contributed by atoms with Crippen LogP contribution in [0.25, 0.3) is 0 Å². The monoisotopic (exact) mass is 279 g/mol. The van der Waals surface area contributed by atoms with Crippen LogP contribution in [0, 0.1) is 5.92 Å². The van der Waals surface area contributed by atoms with Crippen molar-refractivity contribution in [3.8, 4) is 0 Å². The smallest absolute Gasteiger partial charge is 0.340 e. The number of para-hydroxylation sites is 1. The van der Waals surface area contributed by atoms with Gasteiger partial charge in [0, 0.05) is 18.9 Å². The Bertz CT molecular complexity index is 541. The highest BCUT2D eigenvalue weighted by Gasteiger charge is 2.32. The van der Waals surface area contributed by atoms with Crippen LogP contribution in [-0.2, 0) is 9.53 Å². The van der Waals surface area contributed by atoms with Crippen molar-refractivity contribution < 1.29 is 14.3 Å². The summed E-state index contributed by atoms with van der Waals surface area (Å²) in [7, 11) is 1.30. The molecule has 0 spiro atoms. The summed E-state index contributed by atoms with van der Waals surface area (Å²) in [5.74, 6) is -0.496. The van der Waals surface area contributed by atoms with E-state index in [1.807, 2.05) is 0 Å². The van der Waals surface area contributed by atoms with Crippen LogP contribution in [0.4, 0.5) is 5.69 Å². The molecule has 1 aromatic carbocycles. The third-order valence-corrected chi connectivity index (χ3v) is 3.46. The second-order valence-corrected chi connectivity index (χ2v) is 4.74. The van der Waals surface area contributed by atoms with Crippen molar-refractivity contribution in [2.45, 2.75) is 6.42 Å². The first-order valence-electron chi connectivity index (χ1n) is 5.88. The number of hydrogen-bond donors (Lipinski definition) is 0. The zero-order valence-corrected chi connectivity index (χ0v) is 11.3. The summed E-state index contributed by atoms with van der Waals surface area (Å²) in [6.45, 7) is 4.18. The number of rotatable bonds is 3. The van der Waals surface area contributed by atoms with E-state index in [0.29, 0.717) is 29.2 Å². The van der Waals surface area contributed by atoms with Crippen molar-refractivity contribution in [1.82, 2.24) is 0 Å².